The first-order chi connectivity index (χ1) is 11.0. The molecule has 0 saturated carbocycles. The summed E-state index contributed by atoms with van der Waals surface area (Å²) in [5.41, 5.74) is 2.71. The number of aryl methyl sites for hydroxylation is 1. The first kappa shape index (κ1) is 16.3. The van der Waals surface area contributed by atoms with Gasteiger partial charge in [0.15, 0.2) is 5.82 Å². The molecule has 0 spiro atoms. The lowest BCUT2D eigenvalue weighted by Gasteiger charge is -2.03. The van der Waals surface area contributed by atoms with Crippen molar-refractivity contribution in [1.29, 1.82) is 0 Å². The van der Waals surface area contributed by atoms with Gasteiger partial charge >= 0.3 is 5.97 Å². The molecule has 1 amide bonds. The normalized spacial score (nSPS) is 9.74. The van der Waals surface area contributed by atoms with Crippen molar-refractivity contribution in [3.8, 4) is 11.8 Å². The third-order valence-corrected chi connectivity index (χ3v) is 3.40. The molecule has 0 aliphatic heterocycles. The summed E-state index contributed by atoms with van der Waals surface area (Å²) in [6.07, 6.45) is 1.54. The van der Waals surface area contributed by atoms with Gasteiger partial charge in [0.1, 0.15) is 5.69 Å². The van der Waals surface area contributed by atoms with Gasteiger partial charge in [0.2, 0.25) is 0 Å². The maximum absolute atomic E-state index is 11.6. The quantitative estimate of drug-likeness (QED) is 0.670. The van der Waals surface area contributed by atoms with Crippen LogP contribution in [0.15, 0.2) is 24.4 Å². The third kappa shape index (κ3) is 3.40. The molecule has 1 heterocycles. The van der Waals surface area contributed by atoms with Gasteiger partial charge in [-0.15, -0.1) is 0 Å². The summed E-state index contributed by atoms with van der Waals surface area (Å²) in [5, 5.41) is 2.52. The van der Waals surface area contributed by atoms with Crippen molar-refractivity contribution in [2.24, 2.45) is 7.05 Å². The molecule has 0 bridgehead atoms. The molecule has 0 atom stereocenters. The first-order valence-corrected chi connectivity index (χ1v) is 6.92. The number of imidazole rings is 1. The molecule has 0 unspecified atom stereocenters. The molecule has 0 aliphatic carbocycles. The Kier molecular flexibility index (Phi) is 4.82. The zero-order valence-electron chi connectivity index (χ0n) is 13.4. The number of aromatic nitrogens is 2. The third-order valence-electron chi connectivity index (χ3n) is 3.40. The topological polar surface area (TPSA) is 73.2 Å². The SMILES string of the molecule is CNC(=O)c1ncc(C#Cc2cc(C(=O)OC)ccc2C)n1C. The number of ether oxygens (including phenoxy) is 1. The fourth-order valence-corrected chi connectivity index (χ4v) is 1.98. The van der Waals surface area contributed by atoms with Crippen LogP contribution in [-0.4, -0.2) is 35.6 Å². The Morgan fingerprint density at radius 2 is 2.04 bits per heavy atom. The number of carbonyl (C=O) groups is 2. The van der Waals surface area contributed by atoms with Crippen LogP contribution < -0.4 is 5.32 Å². The van der Waals surface area contributed by atoms with Crippen LogP contribution in [0, 0.1) is 18.8 Å². The van der Waals surface area contributed by atoms with Crippen molar-refractivity contribution >= 4 is 11.9 Å². The van der Waals surface area contributed by atoms with Crippen molar-refractivity contribution in [1.82, 2.24) is 14.9 Å². The van der Waals surface area contributed by atoms with E-state index in [1.807, 2.05) is 13.0 Å². The predicted octanol–water partition coefficient (Wildman–Crippen LogP) is 1.27. The Hall–Kier alpha value is -3.07. The Labute approximate surface area is 134 Å². The second-order valence-corrected chi connectivity index (χ2v) is 4.88. The number of carbonyl (C=O) groups excluding carboxylic acids is 2. The Morgan fingerprint density at radius 3 is 2.70 bits per heavy atom. The van der Waals surface area contributed by atoms with Crippen LogP contribution in [0.25, 0.3) is 0 Å². The maximum Gasteiger partial charge on any atom is 0.337 e. The van der Waals surface area contributed by atoms with Gasteiger partial charge in [-0.2, -0.15) is 0 Å². The zero-order valence-corrected chi connectivity index (χ0v) is 13.4. The number of esters is 1. The highest BCUT2D eigenvalue weighted by atomic mass is 16.5. The van der Waals surface area contributed by atoms with Gasteiger partial charge in [0, 0.05) is 19.7 Å². The minimum absolute atomic E-state index is 0.274. The van der Waals surface area contributed by atoms with Crippen molar-refractivity contribution in [3.05, 3.63) is 52.6 Å². The molecule has 1 aromatic heterocycles. The monoisotopic (exact) mass is 311 g/mol. The molecule has 1 N–H and O–H groups in total. The average molecular weight is 311 g/mol. The van der Waals surface area contributed by atoms with Gasteiger partial charge in [-0.3, -0.25) is 4.79 Å². The van der Waals surface area contributed by atoms with E-state index < -0.39 is 5.97 Å². The molecule has 118 valence electrons. The van der Waals surface area contributed by atoms with E-state index in [1.165, 1.54) is 13.3 Å². The Balaban J connectivity index is 2.38. The number of nitrogens with one attached hydrogen (secondary N) is 1. The highest BCUT2D eigenvalue weighted by Gasteiger charge is 2.11. The summed E-state index contributed by atoms with van der Waals surface area (Å²) in [4.78, 5) is 27.3. The van der Waals surface area contributed by atoms with Gasteiger partial charge in [0.05, 0.1) is 18.9 Å². The van der Waals surface area contributed by atoms with E-state index in [1.54, 1.807) is 30.8 Å². The average Bonchev–Trinajstić information content (AvgIpc) is 2.93. The molecule has 0 fully saturated rings. The van der Waals surface area contributed by atoms with Crippen molar-refractivity contribution < 1.29 is 14.3 Å². The van der Waals surface area contributed by atoms with Gasteiger partial charge in [-0.1, -0.05) is 12.0 Å². The predicted molar refractivity (Wildman–Crippen MR) is 85.1 cm³/mol. The Bertz CT molecular complexity index is 825. The summed E-state index contributed by atoms with van der Waals surface area (Å²) in [6, 6.07) is 5.19. The summed E-state index contributed by atoms with van der Waals surface area (Å²) in [5.74, 6) is 5.59. The molecule has 6 nitrogen and oxygen atoms in total. The summed E-state index contributed by atoms with van der Waals surface area (Å²) < 4.78 is 6.33. The highest BCUT2D eigenvalue weighted by molar-refractivity contribution is 5.91. The maximum atomic E-state index is 11.6. The summed E-state index contributed by atoms with van der Waals surface area (Å²) in [6.45, 7) is 1.91. The molecule has 6 heteroatoms. The number of amides is 1. The summed E-state index contributed by atoms with van der Waals surface area (Å²) >= 11 is 0. The first-order valence-electron chi connectivity index (χ1n) is 6.92. The van der Waals surface area contributed by atoms with E-state index in [9.17, 15) is 9.59 Å². The van der Waals surface area contributed by atoms with Gasteiger partial charge < -0.3 is 14.6 Å². The van der Waals surface area contributed by atoms with E-state index in [2.05, 4.69) is 22.1 Å². The number of rotatable bonds is 2. The minimum atomic E-state index is -0.407. The highest BCUT2D eigenvalue weighted by Crippen LogP contribution is 2.11. The van der Waals surface area contributed by atoms with E-state index in [0.29, 0.717) is 11.3 Å². The van der Waals surface area contributed by atoms with Crippen LogP contribution in [-0.2, 0) is 11.8 Å². The molecule has 0 aliphatic rings. The van der Waals surface area contributed by atoms with Crippen LogP contribution in [0.1, 0.15) is 37.8 Å². The fraction of sp³-hybridized carbons (Fsp3) is 0.235. The largest absolute Gasteiger partial charge is 0.465 e. The van der Waals surface area contributed by atoms with Crippen LogP contribution in [0.2, 0.25) is 0 Å². The summed E-state index contributed by atoms with van der Waals surface area (Å²) in [7, 11) is 4.60. The minimum Gasteiger partial charge on any atom is -0.465 e. The Morgan fingerprint density at radius 1 is 1.30 bits per heavy atom. The number of hydrogen-bond acceptors (Lipinski definition) is 4. The molecule has 2 rings (SSSR count). The van der Waals surface area contributed by atoms with Crippen molar-refractivity contribution in [2.45, 2.75) is 6.92 Å². The van der Waals surface area contributed by atoms with Crippen LogP contribution in [0.4, 0.5) is 0 Å². The molecule has 2 aromatic rings. The zero-order chi connectivity index (χ0) is 17.0. The van der Waals surface area contributed by atoms with E-state index in [-0.39, 0.29) is 11.7 Å². The van der Waals surface area contributed by atoms with Crippen molar-refractivity contribution in [3.63, 3.8) is 0 Å². The molecule has 0 radical (unpaired) electrons. The van der Waals surface area contributed by atoms with E-state index in [4.69, 9.17) is 4.74 Å². The van der Waals surface area contributed by atoms with Crippen LogP contribution in [0.5, 0.6) is 0 Å². The fourth-order valence-electron chi connectivity index (χ4n) is 1.98. The van der Waals surface area contributed by atoms with Gasteiger partial charge in [0.25, 0.3) is 5.91 Å². The smallest absolute Gasteiger partial charge is 0.337 e. The molecule has 1 aromatic carbocycles. The van der Waals surface area contributed by atoms with Crippen LogP contribution >= 0.6 is 0 Å². The number of methoxy groups -OCH3 is 1. The van der Waals surface area contributed by atoms with Crippen molar-refractivity contribution in [2.75, 3.05) is 14.2 Å². The molecular weight excluding hydrogens is 294 g/mol. The number of hydrogen-bond donors (Lipinski definition) is 1. The van der Waals surface area contributed by atoms with E-state index in [0.717, 1.165) is 11.1 Å². The lowest BCUT2D eigenvalue weighted by Crippen LogP contribution is -2.22. The second kappa shape index (κ2) is 6.79. The second-order valence-electron chi connectivity index (χ2n) is 4.88. The number of benzene rings is 1. The molecule has 23 heavy (non-hydrogen) atoms. The van der Waals surface area contributed by atoms with Gasteiger partial charge in [-0.25, -0.2) is 9.78 Å². The number of nitrogens with zero attached hydrogens (tertiary/aromatic N) is 2. The van der Waals surface area contributed by atoms with Gasteiger partial charge in [-0.05, 0) is 30.5 Å². The molecule has 0 saturated heterocycles. The van der Waals surface area contributed by atoms with E-state index >= 15 is 0 Å². The standard InChI is InChI=1S/C17H17N3O3/c1-11-5-6-13(17(22)23-4)9-12(11)7-8-14-10-19-15(20(14)3)16(21)18-2/h5-6,9-10H,1-4H3,(H,18,21). The lowest BCUT2D eigenvalue weighted by molar-refractivity contribution is 0.0600. The lowest BCUT2D eigenvalue weighted by atomic mass is 10.1. The molecular formula is C17H17N3O3. The van der Waals surface area contributed by atoms with Crippen LogP contribution in [0.3, 0.4) is 0 Å².